The Morgan fingerprint density at radius 1 is 1.40 bits per heavy atom. The van der Waals surface area contributed by atoms with E-state index in [1.54, 1.807) is 6.07 Å². The topological polar surface area (TPSA) is 79.3 Å². The first-order valence-electron chi connectivity index (χ1n) is 6.59. The normalized spacial score (nSPS) is 14.0. The first kappa shape index (κ1) is 16.3. The van der Waals surface area contributed by atoms with E-state index in [0.29, 0.717) is 10.6 Å². The molecule has 0 amide bonds. The van der Waals surface area contributed by atoms with Crippen LogP contribution in [0, 0.1) is 18.3 Å². The number of ether oxygens (including phenoxy) is 1. The lowest BCUT2D eigenvalue weighted by Gasteiger charge is -2.28. The maximum absolute atomic E-state index is 11.6. The number of nitrogens with zero attached hydrogens (tertiary/aromatic N) is 2. The van der Waals surface area contributed by atoms with Crippen LogP contribution in [0.4, 0.5) is 10.7 Å². The van der Waals surface area contributed by atoms with E-state index in [4.69, 9.17) is 15.7 Å². The number of carbonyl (C=O) groups excluding carboxylic acids is 1. The number of nitriles is 1. The number of esters is 1. The molecular formula is C14H21N3O2S. The van der Waals surface area contributed by atoms with Gasteiger partial charge in [-0.1, -0.05) is 0 Å². The minimum absolute atomic E-state index is 0.334. The number of anilines is 2. The lowest BCUT2D eigenvalue weighted by Crippen LogP contribution is -2.29. The molecule has 2 rings (SSSR count). The Kier molecular flexibility index (Phi) is 6.32. The summed E-state index contributed by atoms with van der Waals surface area (Å²) in [6.07, 6.45) is 3.72. The standard InChI is InChI=1S/C12H18N2O2S.C2H3N/c1-8-9(13)10(12(15)16-2)17-11(8)14-6-4-3-5-7-14;1-2-3/h3-7,13H2,1-2H3;1H3. The second kappa shape index (κ2) is 7.75. The Balaban J connectivity index is 0.000000612. The molecule has 0 unspecified atom stereocenters. The predicted octanol–water partition coefficient (Wildman–Crippen LogP) is 2.95. The van der Waals surface area contributed by atoms with Crippen LogP contribution in [0.2, 0.25) is 0 Å². The molecule has 2 heterocycles. The third-order valence-electron chi connectivity index (χ3n) is 3.18. The predicted molar refractivity (Wildman–Crippen MR) is 82.2 cm³/mol. The van der Waals surface area contributed by atoms with Crippen LogP contribution in [-0.2, 0) is 4.74 Å². The fourth-order valence-corrected chi connectivity index (χ4v) is 3.35. The van der Waals surface area contributed by atoms with Gasteiger partial charge in [0.25, 0.3) is 0 Å². The largest absolute Gasteiger partial charge is 0.465 e. The lowest BCUT2D eigenvalue weighted by molar-refractivity contribution is 0.0607. The first-order chi connectivity index (χ1) is 9.56. The van der Waals surface area contributed by atoms with Crippen LogP contribution in [0.3, 0.4) is 0 Å². The second-order valence-electron chi connectivity index (χ2n) is 4.54. The summed E-state index contributed by atoms with van der Waals surface area (Å²) in [5.74, 6) is -0.334. The average Bonchev–Trinajstić information content (AvgIpc) is 2.76. The molecule has 5 nitrogen and oxygen atoms in total. The van der Waals surface area contributed by atoms with Gasteiger partial charge in [0.05, 0.1) is 23.9 Å². The number of hydrogen-bond acceptors (Lipinski definition) is 6. The zero-order chi connectivity index (χ0) is 15.1. The van der Waals surface area contributed by atoms with Crippen LogP contribution >= 0.6 is 11.3 Å². The summed E-state index contributed by atoms with van der Waals surface area (Å²) in [6, 6.07) is 1.75. The van der Waals surface area contributed by atoms with Gasteiger partial charge in [-0.15, -0.1) is 11.3 Å². The molecular weight excluding hydrogens is 274 g/mol. The molecule has 0 aromatic carbocycles. The molecule has 1 aromatic heterocycles. The number of thiophene rings is 1. The van der Waals surface area contributed by atoms with Crippen molar-refractivity contribution >= 4 is 28.0 Å². The summed E-state index contributed by atoms with van der Waals surface area (Å²) in [6.45, 7) is 5.52. The summed E-state index contributed by atoms with van der Waals surface area (Å²) in [5, 5.41) is 8.45. The van der Waals surface area contributed by atoms with Gasteiger partial charge >= 0.3 is 5.97 Å². The molecule has 0 aliphatic carbocycles. The van der Waals surface area contributed by atoms with Crippen molar-refractivity contribution in [2.75, 3.05) is 30.8 Å². The Bertz CT molecular complexity index is 499. The fraction of sp³-hybridized carbons (Fsp3) is 0.571. The van der Waals surface area contributed by atoms with E-state index in [-0.39, 0.29) is 5.97 Å². The van der Waals surface area contributed by atoms with E-state index in [1.807, 2.05) is 6.92 Å². The molecule has 0 radical (unpaired) electrons. The highest BCUT2D eigenvalue weighted by atomic mass is 32.1. The quantitative estimate of drug-likeness (QED) is 0.849. The molecule has 1 aliphatic rings. The molecule has 1 aliphatic heterocycles. The van der Waals surface area contributed by atoms with Crippen molar-refractivity contribution in [2.45, 2.75) is 33.1 Å². The number of methoxy groups -OCH3 is 1. The van der Waals surface area contributed by atoms with Crippen molar-refractivity contribution < 1.29 is 9.53 Å². The van der Waals surface area contributed by atoms with Gasteiger partial charge in [0.2, 0.25) is 0 Å². The molecule has 6 heteroatoms. The lowest BCUT2D eigenvalue weighted by atomic mass is 10.1. The van der Waals surface area contributed by atoms with Crippen molar-refractivity contribution in [3.05, 3.63) is 10.4 Å². The first-order valence-corrected chi connectivity index (χ1v) is 7.41. The maximum atomic E-state index is 11.6. The van der Waals surface area contributed by atoms with Gasteiger partial charge in [-0.2, -0.15) is 5.26 Å². The van der Waals surface area contributed by atoms with Crippen molar-refractivity contribution in [2.24, 2.45) is 0 Å². The van der Waals surface area contributed by atoms with E-state index in [1.165, 1.54) is 44.6 Å². The van der Waals surface area contributed by atoms with E-state index in [9.17, 15) is 4.79 Å². The molecule has 0 bridgehead atoms. The summed E-state index contributed by atoms with van der Waals surface area (Å²) in [7, 11) is 1.39. The molecule has 1 saturated heterocycles. The Morgan fingerprint density at radius 2 is 1.95 bits per heavy atom. The highest BCUT2D eigenvalue weighted by Gasteiger charge is 2.23. The SMILES string of the molecule is CC#N.COC(=O)c1sc(N2CCCCC2)c(C)c1N. The van der Waals surface area contributed by atoms with Crippen LogP contribution in [-0.4, -0.2) is 26.2 Å². The zero-order valence-electron chi connectivity index (χ0n) is 12.2. The minimum atomic E-state index is -0.334. The maximum Gasteiger partial charge on any atom is 0.350 e. The Hall–Kier alpha value is -1.74. The summed E-state index contributed by atoms with van der Waals surface area (Å²) in [4.78, 5) is 14.4. The molecule has 110 valence electrons. The van der Waals surface area contributed by atoms with Crippen LogP contribution in [0.5, 0.6) is 0 Å². The number of nitrogens with two attached hydrogens (primary N) is 1. The second-order valence-corrected chi connectivity index (χ2v) is 5.54. The third-order valence-corrected chi connectivity index (χ3v) is 4.53. The molecule has 0 spiro atoms. The van der Waals surface area contributed by atoms with Crippen molar-refractivity contribution in [3.63, 3.8) is 0 Å². The monoisotopic (exact) mass is 295 g/mol. The van der Waals surface area contributed by atoms with Gasteiger partial charge in [-0.25, -0.2) is 4.79 Å². The average molecular weight is 295 g/mol. The van der Waals surface area contributed by atoms with E-state index in [0.717, 1.165) is 23.7 Å². The molecule has 20 heavy (non-hydrogen) atoms. The summed E-state index contributed by atoms with van der Waals surface area (Å²) < 4.78 is 4.75. The molecule has 1 fully saturated rings. The number of hydrogen-bond donors (Lipinski definition) is 1. The fourth-order valence-electron chi connectivity index (χ4n) is 2.16. The van der Waals surface area contributed by atoms with Gasteiger partial charge < -0.3 is 15.4 Å². The van der Waals surface area contributed by atoms with E-state index < -0.39 is 0 Å². The highest BCUT2D eigenvalue weighted by Crippen LogP contribution is 2.38. The third kappa shape index (κ3) is 3.64. The van der Waals surface area contributed by atoms with E-state index in [2.05, 4.69) is 4.90 Å². The molecule has 2 N–H and O–H groups in total. The number of rotatable bonds is 2. The summed E-state index contributed by atoms with van der Waals surface area (Å²) >= 11 is 1.45. The summed E-state index contributed by atoms with van der Waals surface area (Å²) in [5.41, 5.74) is 7.55. The number of piperidine rings is 1. The van der Waals surface area contributed by atoms with Crippen molar-refractivity contribution in [1.29, 1.82) is 5.26 Å². The van der Waals surface area contributed by atoms with Gasteiger partial charge in [0.1, 0.15) is 4.88 Å². The van der Waals surface area contributed by atoms with Gasteiger partial charge in [0, 0.05) is 25.6 Å². The van der Waals surface area contributed by atoms with Crippen LogP contribution in [0.15, 0.2) is 0 Å². The zero-order valence-corrected chi connectivity index (χ0v) is 13.0. The molecule has 1 aromatic rings. The smallest absolute Gasteiger partial charge is 0.350 e. The van der Waals surface area contributed by atoms with E-state index >= 15 is 0 Å². The Morgan fingerprint density at radius 3 is 2.45 bits per heavy atom. The number of nitrogen functional groups attached to an aromatic ring is 1. The highest BCUT2D eigenvalue weighted by molar-refractivity contribution is 7.18. The molecule has 0 atom stereocenters. The minimum Gasteiger partial charge on any atom is -0.465 e. The van der Waals surface area contributed by atoms with Crippen LogP contribution < -0.4 is 10.6 Å². The number of carbonyl (C=O) groups is 1. The van der Waals surface area contributed by atoms with Crippen molar-refractivity contribution in [1.82, 2.24) is 0 Å². The van der Waals surface area contributed by atoms with Crippen molar-refractivity contribution in [3.8, 4) is 6.07 Å². The Labute approximate surface area is 123 Å². The molecule has 0 saturated carbocycles. The van der Waals surface area contributed by atoms with Gasteiger partial charge in [-0.3, -0.25) is 0 Å². The van der Waals surface area contributed by atoms with Crippen LogP contribution in [0.25, 0.3) is 0 Å². The van der Waals surface area contributed by atoms with Crippen LogP contribution in [0.1, 0.15) is 41.4 Å². The van der Waals surface area contributed by atoms with Gasteiger partial charge in [-0.05, 0) is 26.2 Å². The van der Waals surface area contributed by atoms with Gasteiger partial charge in [0.15, 0.2) is 0 Å².